The van der Waals surface area contributed by atoms with Gasteiger partial charge in [-0.2, -0.15) is 10.2 Å². The standard InChI is InChI=1S/C23H25N5O4S2/c1-15(2)33(29,30)20-11-7-5-9-18(20)26-22-17(13-24)14-25-23(28-22)27-19-10-6-8-12-21(19)34(31,32)16(3)4/h5-12,14-16H,1-4H3,(H2,25,26,27,28). The predicted octanol–water partition coefficient (Wildman–Crippen LogP) is 4.20. The summed E-state index contributed by atoms with van der Waals surface area (Å²) in [7, 11) is -7.19. The van der Waals surface area contributed by atoms with Gasteiger partial charge in [0.15, 0.2) is 25.5 Å². The fourth-order valence-corrected chi connectivity index (χ4v) is 5.41. The number of hydrogen-bond acceptors (Lipinski definition) is 9. The lowest BCUT2D eigenvalue weighted by molar-refractivity contribution is 0.586. The molecule has 0 saturated carbocycles. The molecule has 0 aliphatic rings. The lowest BCUT2D eigenvalue weighted by atomic mass is 10.3. The molecule has 0 aliphatic carbocycles. The summed E-state index contributed by atoms with van der Waals surface area (Å²) in [5, 5.41) is 14.1. The van der Waals surface area contributed by atoms with Crippen LogP contribution in [0.3, 0.4) is 0 Å². The first-order chi connectivity index (χ1) is 16.0. The zero-order valence-electron chi connectivity index (χ0n) is 19.1. The minimum absolute atomic E-state index is 0.0390. The normalized spacial score (nSPS) is 11.9. The molecule has 0 amide bonds. The van der Waals surface area contributed by atoms with Crippen molar-refractivity contribution < 1.29 is 16.8 Å². The molecule has 0 spiro atoms. The maximum absolute atomic E-state index is 12.8. The van der Waals surface area contributed by atoms with Crippen LogP contribution in [0.1, 0.15) is 33.3 Å². The second-order valence-electron chi connectivity index (χ2n) is 8.00. The van der Waals surface area contributed by atoms with Crippen LogP contribution in [0.2, 0.25) is 0 Å². The van der Waals surface area contributed by atoms with Crippen molar-refractivity contribution in [3.63, 3.8) is 0 Å². The lowest BCUT2D eigenvalue weighted by Crippen LogP contribution is -2.16. The monoisotopic (exact) mass is 499 g/mol. The SMILES string of the molecule is CC(C)S(=O)(=O)c1ccccc1Nc1ncc(C#N)c(Nc2ccccc2S(=O)(=O)C(C)C)n1. The molecule has 0 saturated heterocycles. The van der Waals surface area contributed by atoms with Crippen molar-refractivity contribution in [3.8, 4) is 6.07 Å². The Bertz CT molecular complexity index is 1460. The van der Waals surface area contributed by atoms with Crippen LogP contribution < -0.4 is 10.6 Å². The molecule has 2 aromatic carbocycles. The number of nitrogens with zero attached hydrogens (tertiary/aromatic N) is 3. The van der Waals surface area contributed by atoms with E-state index in [9.17, 15) is 22.1 Å². The van der Waals surface area contributed by atoms with Crippen molar-refractivity contribution in [1.82, 2.24) is 9.97 Å². The Kier molecular flexibility index (Phi) is 7.24. The van der Waals surface area contributed by atoms with Gasteiger partial charge in [0.2, 0.25) is 5.95 Å². The molecule has 3 rings (SSSR count). The zero-order valence-corrected chi connectivity index (χ0v) is 20.8. The van der Waals surface area contributed by atoms with Gasteiger partial charge in [-0.1, -0.05) is 24.3 Å². The Balaban J connectivity index is 2.04. The smallest absolute Gasteiger partial charge is 0.229 e. The fourth-order valence-electron chi connectivity index (χ4n) is 3.01. The highest BCUT2D eigenvalue weighted by Crippen LogP contribution is 2.30. The maximum Gasteiger partial charge on any atom is 0.229 e. The average Bonchev–Trinajstić information content (AvgIpc) is 2.79. The molecule has 1 heterocycles. The third kappa shape index (κ3) is 5.03. The second kappa shape index (κ2) is 9.79. The molecule has 0 radical (unpaired) electrons. The number of nitrogens with one attached hydrogen (secondary N) is 2. The van der Waals surface area contributed by atoms with Crippen LogP contribution in [0, 0.1) is 11.3 Å². The Morgan fingerprint density at radius 1 is 0.794 bits per heavy atom. The molecule has 0 atom stereocenters. The Hall–Kier alpha value is -3.49. The number of nitriles is 1. The molecule has 0 fully saturated rings. The van der Waals surface area contributed by atoms with Gasteiger partial charge in [0.1, 0.15) is 11.6 Å². The van der Waals surface area contributed by atoms with Crippen molar-refractivity contribution in [1.29, 1.82) is 5.26 Å². The summed E-state index contributed by atoms with van der Waals surface area (Å²) in [5.41, 5.74) is 0.639. The minimum Gasteiger partial charge on any atom is -0.338 e. The number of sulfone groups is 2. The number of anilines is 4. The van der Waals surface area contributed by atoms with Crippen LogP contribution in [0.5, 0.6) is 0 Å². The fraction of sp³-hybridized carbons (Fsp3) is 0.261. The molecule has 0 bridgehead atoms. The Labute approximate surface area is 199 Å². The van der Waals surface area contributed by atoms with E-state index in [-0.39, 0.29) is 38.5 Å². The van der Waals surface area contributed by atoms with Gasteiger partial charge in [-0.25, -0.2) is 21.8 Å². The molecule has 178 valence electrons. The first-order valence-electron chi connectivity index (χ1n) is 10.5. The third-order valence-electron chi connectivity index (χ3n) is 5.04. The number of aromatic nitrogens is 2. The average molecular weight is 500 g/mol. The number of rotatable bonds is 8. The van der Waals surface area contributed by atoms with Gasteiger partial charge >= 0.3 is 0 Å². The van der Waals surface area contributed by atoms with E-state index in [1.165, 1.54) is 18.3 Å². The predicted molar refractivity (Wildman–Crippen MR) is 131 cm³/mol. The highest BCUT2D eigenvalue weighted by molar-refractivity contribution is 7.92. The number of para-hydroxylation sites is 2. The molecule has 11 heteroatoms. The van der Waals surface area contributed by atoms with Gasteiger partial charge in [-0.05, 0) is 52.0 Å². The van der Waals surface area contributed by atoms with Crippen LogP contribution in [0.4, 0.5) is 23.1 Å². The van der Waals surface area contributed by atoms with E-state index in [4.69, 9.17) is 0 Å². The molecule has 0 aliphatic heterocycles. The van der Waals surface area contributed by atoms with Crippen LogP contribution in [-0.4, -0.2) is 37.3 Å². The molecule has 3 aromatic rings. The van der Waals surface area contributed by atoms with E-state index < -0.39 is 30.2 Å². The van der Waals surface area contributed by atoms with Crippen molar-refractivity contribution in [2.75, 3.05) is 10.6 Å². The van der Waals surface area contributed by atoms with Crippen LogP contribution in [0.15, 0.2) is 64.5 Å². The van der Waals surface area contributed by atoms with Crippen LogP contribution in [0.25, 0.3) is 0 Å². The lowest BCUT2D eigenvalue weighted by Gasteiger charge is -2.16. The Morgan fingerprint density at radius 3 is 1.74 bits per heavy atom. The van der Waals surface area contributed by atoms with E-state index in [0.29, 0.717) is 0 Å². The quantitative estimate of drug-likeness (QED) is 0.466. The van der Waals surface area contributed by atoms with Crippen molar-refractivity contribution in [2.45, 2.75) is 48.0 Å². The largest absolute Gasteiger partial charge is 0.338 e. The van der Waals surface area contributed by atoms with E-state index in [2.05, 4.69) is 20.6 Å². The van der Waals surface area contributed by atoms with Gasteiger partial charge in [-0.3, -0.25) is 0 Å². The van der Waals surface area contributed by atoms with E-state index >= 15 is 0 Å². The third-order valence-corrected chi connectivity index (χ3v) is 9.46. The summed E-state index contributed by atoms with van der Waals surface area (Å²) in [6.45, 7) is 6.36. The molecule has 2 N–H and O–H groups in total. The second-order valence-corrected chi connectivity index (χ2v) is 12.9. The highest BCUT2D eigenvalue weighted by atomic mass is 32.2. The van der Waals surface area contributed by atoms with Crippen molar-refractivity contribution in [2.24, 2.45) is 0 Å². The molecule has 1 aromatic heterocycles. The Morgan fingerprint density at radius 2 is 1.26 bits per heavy atom. The molecular weight excluding hydrogens is 474 g/mol. The summed E-state index contributed by atoms with van der Waals surface area (Å²) < 4.78 is 51.1. The first kappa shape index (κ1) is 25.1. The van der Waals surface area contributed by atoms with Gasteiger partial charge < -0.3 is 10.6 Å². The minimum atomic E-state index is -3.61. The van der Waals surface area contributed by atoms with Crippen molar-refractivity contribution in [3.05, 3.63) is 60.3 Å². The van der Waals surface area contributed by atoms with E-state index in [0.717, 1.165) is 0 Å². The maximum atomic E-state index is 12.8. The van der Waals surface area contributed by atoms with Gasteiger partial charge in [-0.15, -0.1) is 0 Å². The van der Waals surface area contributed by atoms with Gasteiger partial charge in [0.25, 0.3) is 0 Å². The van der Waals surface area contributed by atoms with E-state index in [1.807, 2.05) is 6.07 Å². The molecular formula is C23H25N5O4S2. The van der Waals surface area contributed by atoms with E-state index in [1.54, 1.807) is 64.1 Å². The van der Waals surface area contributed by atoms with Crippen LogP contribution >= 0.6 is 0 Å². The summed E-state index contributed by atoms with van der Waals surface area (Å²) in [6, 6.07) is 14.7. The number of benzene rings is 2. The summed E-state index contributed by atoms with van der Waals surface area (Å²) in [6.07, 6.45) is 1.27. The first-order valence-corrected chi connectivity index (χ1v) is 13.5. The zero-order chi connectivity index (χ0) is 25.1. The van der Waals surface area contributed by atoms with Gasteiger partial charge in [0.05, 0.1) is 37.9 Å². The molecule has 34 heavy (non-hydrogen) atoms. The number of hydrogen-bond donors (Lipinski definition) is 2. The van der Waals surface area contributed by atoms with Crippen LogP contribution in [-0.2, 0) is 19.7 Å². The van der Waals surface area contributed by atoms with Crippen molar-refractivity contribution >= 4 is 42.8 Å². The summed E-state index contributed by atoms with van der Waals surface area (Å²) in [5.74, 6) is 0.118. The summed E-state index contributed by atoms with van der Waals surface area (Å²) >= 11 is 0. The summed E-state index contributed by atoms with van der Waals surface area (Å²) in [4.78, 5) is 8.62. The topological polar surface area (TPSA) is 142 Å². The molecule has 0 unspecified atom stereocenters. The highest BCUT2D eigenvalue weighted by Gasteiger charge is 2.24. The molecule has 9 nitrogen and oxygen atoms in total. The van der Waals surface area contributed by atoms with Gasteiger partial charge in [0, 0.05) is 0 Å².